The molecule has 0 spiro atoms. The maximum absolute atomic E-state index is 6.24. The second-order valence-electron chi connectivity index (χ2n) is 4.78. The van der Waals surface area contributed by atoms with Crippen LogP contribution >= 0.6 is 0 Å². The number of hydrogen-bond acceptors (Lipinski definition) is 3. The van der Waals surface area contributed by atoms with Crippen molar-refractivity contribution in [2.24, 2.45) is 11.7 Å². The Bertz CT molecular complexity index is 171. The molecule has 0 amide bonds. The minimum atomic E-state index is 0.421. The summed E-state index contributed by atoms with van der Waals surface area (Å²) in [5, 5.41) is 0. The molecule has 0 aromatic heterocycles. The number of likely N-dealkylation sites (N-methyl/N-ethyl adjacent to an activating group) is 1. The molecule has 3 aliphatic rings. The zero-order valence-electron chi connectivity index (χ0n) is 8.74. The van der Waals surface area contributed by atoms with Gasteiger partial charge in [-0.1, -0.05) is 0 Å². The molecule has 3 heteroatoms. The van der Waals surface area contributed by atoms with Crippen LogP contribution in [-0.2, 0) is 0 Å². The molecule has 0 aliphatic carbocycles. The predicted molar refractivity (Wildman–Crippen MR) is 54.6 cm³/mol. The van der Waals surface area contributed by atoms with Crippen molar-refractivity contribution >= 4 is 0 Å². The third-order valence-corrected chi connectivity index (χ3v) is 3.58. The molecule has 0 aromatic carbocycles. The molecule has 2 N–H and O–H groups in total. The minimum Gasteiger partial charge on any atom is -0.326 e. The van der Waals surface area contributed by atoms with Crippen molar-refractivity contribution < 1.29 is 0 Å². The highest BCUT2D eigenvalue weighted by atomic mass is 15.2. The van der Waals surface area contributed by atoms with Crippen LogP contribution in [0.25, 0.3) is 0 Å². The van der Waals surface area contributed by atoms with Crippen molar-refractivity contribution in [1.82, 2.24) is 9.80 Å². The van der Waals surface area contributed by atoms with Gasteiger partial charge in [-0.05, 0) is 45.9 Å². The highest BCUT2D eigenvalue weighted by Crippen LogP contribution is 2.31. The third kappa shape index (κ3) is 1.73. The Morgan fingerprint density at radius 2 is 1.92 bits per heavy atom. The van der Waals surface area contributed by atoms with Crippen molar-refractivity contribution in [3.8, 4) is 0 Å². The second kappa shape index (κ2) is 3.56. The van der Waals surface area contributed by atoms with E-state index in [1.54, 1.807) is 0 Å². The number of fused-ring (bicyclic) bond motifs is 3. The molecule has 76 valence electrons. The van der Waals surface area contributed by atoms with Crippen LogP contribution in [0, 0.1) is 5.92 Å². The molecule has 13 heavy (non-hydrogen) atoms. The van der Waals surface area contributed by atoms with Gasteiger partial charge < -0.3 is 10.6 Å². The fraction of sp³-hybridized carbons (Fsp3) is 1.00. The molecule has 3 saturated heterocycles. The second-order valence-corrected chi connectivity index (χ2v) is 4.78. The van der Waals surface area contributed by atoms with E-state index in [0.29, 0.717) is 12.1 Å². The van der Waals surface area contributed by atoms with Crippen molar-refractivity contribution in [1.29, 1.82) is 0 Å². The molecule has 3 fully saturated rings. The van der Waals surface area contributed by atoms with Crippen LogP contribution in [0.2, 0.25) is 0 Å². The van der Waals surface area contributed by atoms with Gasteiger partial charge in [0.05, 0.1) is 0 Å². The number of nitrogens with two attached hydrogens (primary N) is 1. The summed E-state index contributed by atoms with van der Waals surface area (Å²) in [4.78, 5) is 4.83. The zero-order valence-corrected chi connectivity index (χ0v) is 8.74. The fourth-order valence-corrected chi connectivity index (χ4v) is 2.80. The topological polar surface area (TPSA) is 32.5 Å². The minimum absolute atomic E-state index is 0.421. The normalized spacial score (nSPS) is 44.3. The summed E-state index contributed by atoms with van der Waals surface area (Å²) < 4.78 is 0. The quantitative estimate of drug-likeness (QED) is 0.652. The van der Waals surface area contributed by atoms with Crippen molar-refractivity contribution in [2.45, 2.75) is 24.9 Å². The van der Waals surface area contributed by atoms with E-state index >= 15 is 0 Å². The number of piperidine rings is 3. The Morgan fingerprint density at radius 1 is 1.31 bits per heavy atom. The van der Waals surface area contributed by atoms with Gasteiger partial charge in [0.2, 0.25) is 0 Å². The van der Waals surface area contributed by atoms with Gasteiger partial charge in [-0.3, -0.25) is 4.90 Å². The molecular formula is C10H21N3. The van der Waals surface area contributed by atoms with E-state index in [1.807, 2.05) is 0 Å². The van der Waals surface area contributed by atoms with Gasteiger partial charge in [0, 0.05) is 18.6 Å². The van der Waals surface area contributed by atoms with E-state index in [2.05, 4.69) is 23.9 Å². The van der Waals surface area contributed by atoms with E-state index in [0.717, 1.165) is 12.5 Å². The summed E-state index contributed by atoms with van der Waals surface area (Å²) in [5.41, 5.74) is 6.24. The van der Waals surface area contributed by atoms with E-state index in [9.17, 15) is 0 Å². The van der Waals surface area contributed by atoms with Crippen molar-refractivity contribution in [3.63, 3.8) is 0 Å². The summed E-state index contributed by atoms with van der Waals surface area (Å²) in [7, 11) is 4.27. The standard InChI is InChI=1S/C10H21N3/c1-12(2)7-9-10(11)8-3-5-13(9)6-4-8/h8-10H,3-7,11H2,1-2H3. The molecule has 0 aromatic rings. The van der Waals surface area contributed by atoms with Gasteiger partial charge in [0.25, 0.3) is 0 Å². The van der Waals surface area contributed by atoms with Crippen LogP contribution in [-0.4, -0.2) is 55.6 Å². The van der Waals surface area contributed by atoms with Gasteiger partial charge in [0.15, 0.2) is 0 Å². The lowest BCUT2D eigenvalue weighted by Crippen LogP contribution is -2.63. The molecule has 0 saturated carbocycles. The molecule has 0 radical (unpaired) electrons. The van der Waals surface area contributed by atoms with Gasteiger partial charge >= 0.3 is 0 Å². The summed E-state index contributed by atoms with van der Waals surface area (Å²) >= 11 is 0. The summed E-state index contributed by atoms with van der Waals surface area (Å²) in [5.74, 6) is 0.801. The maximum atomic E-state index is 6.24. The van der Waals surface area contributed by atoms with Crippen LogP contribution in [0.4, 0.5) is 0 Å². The van der Waals surface area contributed by atoms with Crippen molar-refractivity contribution in [3.05, 3.63) is 0 Å². The monoisotopic (exact) mass is 183 g/mol. The van der Waals surface area contributed by atoms with Crippen LogP contribution in [0.5, 0.6) is 0 Å². The van der Waals surface area contributed by atoms with Gasteiger partial charge in [-0.15, -0.1) is 0 Å². The van der Waals surface area contributed by atoms with E-state index in [-0.39, 0.29) is 0 Å². The van der Waals surface area contributed by atoms with Crippen molar-refractivity contribution in [2.75, 3.05) is 33.7 Å². The summed E-state index contributed by atoms with van der Waals surface area (Å²) in [6.07, 6.45) is 2.65. The molecule has 2 unspecified atom stereocenters. The molecule has 3 aliphatic heterocycles. The first kappa shape index (κ1) is 9.44. The third-order valence-electron chi connectivity index (χ3n) is 3.58. The highest BCUT2D eigenvalue weighted by Gasteiger charge is 2.39. The number of nitrogens with zero attached hydrogens (tertiary/aromatic N) is 2. The Balaban J connectivity index is 2.01. The predicted octanol–water partition coefficient (Wildman–Crippen LogP) is -0.0305. The van der Waals surface area contributed by atoms with Crippen LogP contribution < -0.4 is 5.73 Å². The Labute approximate surface area is 80.9 Å². The maximum Gasteiger partial charge on any atom is 0.0376 e. The van der Waals surface area contributed by atoms with Crippen LogP contribution in [0.1, 0.15) is 12.8 Å². The molecule has 3 heterocycles. The van der Waals surface area contributed by atoms with Crippen LogP contribution in [0.3, 0.4) is 0 Å². The average Bonchev–Trinajstić information content (AvgIpc) is 2.11. The van der Waals surface area contributed by atoms with Gasteiger partial charge in [-0.25, -0.2) is 0 Å². The number of hydrogen-bond donors (Lipinski definition) is 1. The van der Waals surface area contributed by atoms with E-state index in [4.69, 9.17) is 5.73 Å². The van der Waals surface area contributed by atoms with Gasteiger partial charge in [0.1, 0.15) is 0 Å². The molecule has 2 bridgehead atoms. The van der Waals surface area contributed by atoms with Gasteiger partial charge in [-0.2, -0.15) is 0 Å². The lowest BCUT2D eigenvalue weighted by Gasteiger charge is -2.50. The lowest BCUT2D eigenvalue weighted by molar-refractivity contribution is 0.0164. The first-order valence-electron chi connectivity index (χ1n) is 5.33. The van der Waals surface area contributed by atoms with E-state index < -0.39 is 0 Å². The largest absolute Gasteiger partial charge is 0.326 e. The van der Waals surface area contributed by atoms with Crippen LogP contribution in [0.15, 0.2) is 0 Å². The average molecular weight is 183 g/mol. The first-order valence-corrected chi connectivity index (χ1v) is 5.33. The summed E-state index contributed by atoms with van der Waals surface area (Å²) in [6.45, 7) is 3.67. The Morgan fingerprint density at radius 3 is 2.38 bits per heavy atom. The Hall–Kier alpha value is -0.120. The SMILES string of the molecule is CN(C)CC1C(N)C2CCN1CC2. The molecule has 2 atom stereocenters. The Kier molecular flexibility index (Phi) is 2.58. The first-order chi connectivity index (χ1) is 6.18. The summed E-state index contributed by atoms with van der Waals surface area (Å²) in [6, 6.07) is 1.03. The lowest BCUT2D eigenvalue weighted by atomic mass is 9.79. The number of rotatable bonds is 2. The molecule has 3 rings (SSSR count). The molecular weight excluding hydrogens is 162 g/mol. The fourth-order valence-electron chi connectivity index (χ4n) is 2.80. The zero-order chi connectivity index (χ0) is 9.42. The van der Waals surface area contributed by atoms with E-state index in [1.165, 1.54) is 25.9 Å². The smallest absolute Gasteiger partial charge is 0.0376 e. The molecule has 3 nitrogen and oxygen atoms in total. The highest BCUT2D eigenvalue weighted by molar-refractivity contribution is 4.97.